The third kappa shape index (κ3) is 4.15. The largest absolute Gasteiger partial charge is 0.406 e. The van der Waals surface area contributed by atoms with Crippen molar-refractivity contribution in [3.63, 3.8) is 0 Å². The molecule has 0 unspecified atom stereocenters. The molecular formula is C21H26F3N3O3. The molecule has 2 heterocycles. The summed E-state index contributed by atoms with van der Waals surface area (Å²) in [6.07, 6.45) is -3.11. The van der Waals surface area contributed by atoms with Crippen LogP contribution in [0, 0.1) is 0 Å². The lowest BCUT2D eigenvalue weighted by Gasteiger charge is -2.48. The van der Waals surface area contributed by atoms with E-state index in [9.17, 15) is 27.6 Å². The normalized spacial score (nSPS) is 21.0. The van der Waals surface area contributed by atoms with Gasteiger partial charge in [-0.3, -0.25) is 19.3 Å². The SMILES string of the molecule is CCCN(CC(F)(F)F)C(=O)CCCN1C(=O)c2ccccc2N2C(=O)CC[C@]12C. The maximum Gasteiger partial charge on any atom is 0.406 e. The zero-order chi connectivity index (χ0) is 22.1. The Balaban J connectivity index is 1.73. The Labute approximate surface area is 173 Å². The Morgan fingerprint density at radius 1 is 1.23 bits per heavy atom. The van der Waals surface area contributed by atoms with E-state index in [4.69, 9.17) is 0 Å². The number of halogens is 3. The number of para-hydroxylation sites is 1. The topological polar surface area (TPSA) is 60.9 Å². The van der Waals surface area contributed by atoms with Crippen LogP contribution in [-0.2, 0) is 9.59 Å². The van der Waals surface area contributed by atoms with Crippen LogP contribution in [-0.4, -0.2) is 59.0 Å². The van der Waals surface area contributed by atoms with Crippen molar-refractivity contribution >= 4 is 23.4 Å². The van der Waals surface area contributed by atoms with Gasteiger partial charge in [0.1, 0.15) is 12.2 Å². The zero-order valence-corrected chi connectivity index (χ0v) is 17.2. The molecule has 6 nitrogen and oxygen atoms in total. The van der Waals surface area contributed by atoms with Gasteiger partial charge in [-0.15, -0.1) is 0 Å². The molecule has 1 saturated heterocycles. The van der Waals surface area contributed by atoms with Crippen molar-refractivity contribution in [3.05, 3.63) is 29.8 Å². The van der Waals surface area contributed by atoms with Crippen LogP contribution in [0.4, 0.5) is 18.9 Å². The number of anilines is 1. The van der Waals surface area contributed by atoms with Crippen LogP contribution in [0.25, 0.3) is 0 Å². The highest BCUT2D eigenvalue weighted by Gasteiger charge is 2.52. The molecule has 0 aromatic heterocycles. The summed E-state index contributed by atoms with van der Waals surface area (Å²) < 4.78 is 38.2. The second kappa shape index (κ2) is 8.28. The molecule has 164 valence electrons. The molecule has 0 radical (unpaired) electrons. The van der Waals surface area contributed by atoms with Gasteiger partial charge in [-0.05, 0) is 38.3 Å². The Morgan fingerprint density at radius 2 is 1.93 bits per heavy atom. The first-order valence-corrected chi connectivity index (χ1v) is 10.2. The highest BCUT2D eigenvalue weighted by molar-refractivity contribution is 6.10. The van der Waals surface area contributed by atoms with Gasteiger partial charge in [0.25, 0.3) is 5.91 Å². The standard InChI is InChI=1S/C21H26F3N3O3/c1-3-12-25(14-21(22,23)24)17(28)9-6-13-26-19(30)15-7-4-5-8-16(15)27-18(29)10-11-20(26,27)2/h4-5,7-8H,3,6,9-14H2,1-2H3/t20-/m1/s1. The van der Waals surface area contributed by atoms with E-state index in [1.807, 2.05) is 6.92 Å². The fourth-order valence-electron chi connectivity index (χ4n) is 4.37. The molecule has 1 fully saturated rings. The van der Waals surface area contributed by atoms with Crippen LogP contribution < -0.4 is 4.90 Å². The number of amides is 3. The van der Waals surface area contributed by atoms with Crippen molar-refractivity contribution in [2.75, 3.05) is 24.5 Å². The predicted molar refractivity (Wildman–Crippen MR) is 105 cm³/mol. The van der Waals surface area contributed by atoms with Gasteiger partial charge in [0.2, 0.25) is 11.8 Å². The van der Waals surface area contributed by atoms with Crippen molar-refractivity contribution in [1.29, 1.82) is 0 Å². The highest BCUT2D eigenvalue weighted by Crippen LogP contribution is 2.44. The molecule has 1 atom stereocenters. The molecule has 9 heteroatoms. The molecule has 3 rings (SSSR count). The van der Waals surface area contributed by atoms with Gasteiger partial charge in [-0.2, -0.15) is 13.2 Å². The van der Waals surface area contributed by atoms with Gasteiger partial charge >= 0.3 is 6.18 Å². The van der Waals surface area contributed by atoms with Crippen molar-refractivity contribution in [1.82, 2.24) is 9.80 Å². The number of hydrogen-bond acceptors (Lipinski definition) is 3. The van der Waals surface area contributed by atoms with Crippen LogP contribution in [0.3, 0.4) is 0 Å². The molecule has 2 aliphatic heterocycles. The van der Waals surface area contributed by atoms with E-state index in [1.54, 1.807) is 41.0 Å². The number of fused-ring (bicyclic) bond motifs is 3. The Bertz CT molecular complexity index is 842. The summed E-state index contributed by atoms with van der Waals surface area (Å²) in [6, 6.07) is 6.90. The average molecular weight is 425 g/mol. The van der Waals surface area contributed by atoms with Gasteiger partial charge < -0.3 is 9.80 Å². The zero-order valence-electron chi connectivity index (χ0n) is 17.2. The van der Waals surface area contributed by atoms with E-state index >= 15 is 0 Å². The van der Waals surface area contributed by atoms with Crippen LogP contribution >= 0.6 is 0 Å². The molecule has 0 saturated carbocycles. The van der Waals surface area contributed by atoms with Crippen LogP contribution in [0.1, 0.15) is 56.3 Å². The first-order valence-electron chi connectivity index (χ1n) is 10.2. The van der Waals surface area contributed by atoms with Crippen molar-refractivity contribution in [2.24, 2.45) is 0 Å². The number of rotatable bonds is 7. The number of hydrogen-bond donors (Lipinski definition) is 0. The molecule has 3 amide bonds. The van der Waals surface area contributed by atoms with Gasteiger partial charge in [0, 0.05) is 25.9 Å². The average Bonchev–Trinajstić information content (AvgIpc) is 2.98. The lowest BCUT2D eigenvalue weighted by Crippen LogP contribution is -2.62. The first-order chi connectivity index (χ1) is 14.1. The van der Waals surface area contributed by atoms with Gasteiger partial charge in [0.15, 0.2) is 0 Å². The quantitative estimate of drug-likeness (QED) is 0.671. The van der Waals surface area contributed by atoms with E-state index in [-0.39, 0.29) is 37.7 Å². The lowest BCUT2D eigenvalue weighted by atomic mass is 9.98. The Kier molecular flexibility index (Phi) is 6.10. The van der Waals surface area contributed by atoms with Gasteiger partial charge in [-0.1, -0.05) is 19.1 Å². The molecular weight excluding hydrogens is 399 g/mol. The maximum absolute atomic E-state index is 13.1. The third-order valence-electron chi connectivity index (χ3n) is 5.73. The molecule has 2 aliphatic rings. The van der Waals surface area contributed by atoms with Crippen LogP contribution in [0.15, 0.2) is 24.3 Å². The molecule has 0 spiro atoms. The van der Waals surface area contributed by atoms with Crippen molar-refractivity contribution < 1.29 is 27.6 Å². The third-order valence-corrected chi connectivity index (χ3v) is 5.73. The summed E-state index contributed by atoms with van der Waals surface area (Å²) in [5, 5.41) is 0. The van der Waals surface area contributed by atoms with E-state index in [0.717, 1.165) is 4.90 Å². The summed E-state index contributed by atoms with van der Waals surface area (Å²) in [4.78, 5) is 42.0. The second-order valence-corrected chi connectivity index (χ2v) is 7.95. The summed E-state index contributed by atoms with van der Waals surface area (Å²) in [5.74, 6) is -0.881. The van der Waals surface area contributed by atoms with E-state index in [2.05, 4.69) is 0 Å². The predicted octanol–water partition coefficient (Wildman–Crippen LogP) is 3.57. The summed E-state index contributed by atoms with van der Waals surface area (Å²) in [5.41, 5.74) is 0.168. The molecule has 30 heavy (non-hydrogen) atoms. The molecule has 1 aromatic rings. The number of alkyl halides is 3. The van der Waals surface area contributed by atoms with E-state index in [0.29, 0.717) is 30.5 Å². The highest BCUT2D eigenvalue weighted by atomic mass is 19.4. The summed E-state index contributed by atoms with van der Waals surface area (Å²) >= 11 is 0. The smallest absolute Gasteiger partial charge is 0.334 e. The fraction of sp³-hybridized carbons (Fsp3) is 0.571. The monoisotopic (exact) mass is 425 g/mol. The minimum absolute atomic E-state index is 0.0361. The summed E-state index contributed by atoms with van der Waals surface area (Å²) in [6.45, 7) is 2.49. The molecule has 1 aromatic carbocycles. The number of carbonyl (C=O) groups excluding carboxylic acids is 3. The number of carbonyl (C=O) groups is 3. The van der Waals surface area contributed by atoms with Crippen LogP contribution in [0.2, 0.25) is 0 Å². The second-order valence-electron chi connectivity index (χ2n) is 7.95. The summed E-state index contributed by atoms with van der Waals surface area (Å²) in [7, 11) is 0. The van der Waals surface area contributed by atoms with Gasteiger partial charge in [0.05, 0.1) is 11.3 Å². The number of nitrogens with zero attached hydrogens (tertiary/aromatic N) is 3. The lowest BCUT2D eigenvalue weighted by molar-refractivity contribution is -0.161. The number of benzene rings is 1. The maximum atomic E-state index is 13.1. The van der Waals surface area contributed by atoms with Crippen molar-refractivity contribution in [2.45, 2.75) is 57.8 Å². The fourth-order valence-corrected chi connectivity index (χ4v) is 4.37. The molecule has 0 N–H and O–H groups in total. The minimum Gasteiger partial charge on any atom is -0.334 e. The van der Waals surface area contributed by atoms with E-state index in [1.165, 1.54) is 0 Å². The van der Waals surface area contributed by atoms with Crippen LogP contribution in [0.5, 0.6) is 0 Å². The molecule has 0 aliphatic carbocycles. The Hall–Kier alpha value is -2.58. The Morgan fingerprint density at radius 3 is 2.60 bits per heavy atom. The molecule has 0 bridgehead atoms. The van der Waals surface area contributed by atoms with E-state index < -0.39 is 24.3 Å². The first kappa shape index (κ1) is 22.1. The van der Waals surface area contributed by atoms with Crippen molar-refractivity contribution in [3.8, 4) is 0 Å². The minimum atomic E-state index is -4.45. The van der Waals surface area contributed by atoms with Gasteiger partial charge in [-0.25, -0.2) is 0 Å².